The number of aromatic nitrogens is 2. The second kappa shape index (κ2) is 5.10. The van der Waals surface area contributed by atoms with E-state index in [1.165, 1.54) is 6.33 Å². The lowest BCUT2D eigenvalue weighted by Crippen LogP contribution is -2.42. The van der Waals surface area contributed by atoms with E-state index >= 15 is 0 Å². The van der Waals surface area contributed by atoms with E-state index in [9.17, 15) is 5.11 Å². The van der Waals surface area contributed by atoms with Crippen LogP contribution < -0.4 is 9.64 Å². The summed E-state index contributed by atoms with van der Waals surface area (Å²) in [5.74, 6) is 1.85. The van der Waals surface area contributed by atoms with Gasteiger partial charge in [0.05, 0.1) is 12.7 Å². The fraction of sp³-hybridized carbons (Fsp3) is 0.692. The normalized spacial score (nSPS) is 17.9. The van der Waals surface area contributed by atoms with Gasteiger partial charge in [0.1, 0.15) is 12.1 Å². The molecule has 0 spiro atoms. The average Bonchev–Trinajstić information content (AvgIpc) is 2.38. The van der Waals surface area contributed by atoms with Crippen molar-refractivity contribution in [2.75, 3.05) is 25.1 Å². The number of anilines is 1. The van der Waals surface area contributed by atoms with Crippen molar-refractivity contribution >= 4 is 5.82 Å². The molecular formula is C13H21N3O2. The van der Waals surface area contributed by atoms with Gasteiger partial charge in [-0.25, -0.2) is 9.97 Å². The highest BCUT2D eigenvalue weighted by Gasteiger charge is 2.30. The highest BCUT2D eigenvalue weighted by atomic mass is 16.5. The molecule has 2 rings (SSSR count). The Morgan fingerprint density at radius 2 is 2.00 bits per heavy atom. The lowest BCUT2D eigenvalue weighted by Gasteiger charge is -2.38. The first kappa shape index (κ1) is 13.1. The second-order valence-electron chi connectivity index (χ2n) is 5.33. The number of nitrogens with zero attached hydrogens (tertiary/aromatic N) is 3. The molecular weight excluding hydrogens is 230 g/mol. The minimum atomic E-state index is -0.588. The van der Waals surface area contributed by atoms with Gasteiger partial charge in [0.25, 0.3) is 0 Å². The number of hydrogen-bond acceptors (Lipinski definition) is 5. The fourth-order valence-electron chi connectivity index (χ4n) is 2.43. The molecule has 1 saturated heterocycles. The Morgan fingerprint density at radius 1 is 1.33 bits per heavy atom. The van der Waals surface area contributed by atoms with Crippen LogP contribution in [0.2, 0.25) is 0 Å². The number of methoxy groups -OCH3 is 1. The second-order valence-corrected chi connectivity index (χ2v) is 5.33. The van der Waals surface area contributed by atoms with Crippen molar-refractivity contribution in [2.24, 2.45) is 5.92 Å². The van der Waals surface area contributed by atoms with Gasteiger partial charge < -0.3 is 14.7 Å². The third kappa shape index (κ3) is 2.90. The molecule has 0 atom stereocenters. The predicted molar refractivity (Wildman–Crippen MR) is 69.8 cm³/mol. The van der Waals surface area contributed by atoms with Crippen LogP contribution in [0.25, 0.3) is 0 Å². The van der Waals surface area contributed by atoms with Crippen molar-refractivity contribution in [3.05, 3.63) is 12.4 Å². The van der Waals surface area contributed by atoms with Crippen LogP contribution in [0, 0.1) is 5.92 Å². The van der Waals surface area contributed by atoms with E-state index in [1.54, 1.807) is 7.11 Å². The first-order chi connectivity index (χ1) is 8.50. The Kier molecular flexibility index (Phi) is 3.71. The molecule has 0 amide bonds. The Morgan fingerprint density at radius 3 is 2.56 bits per heavy atom. The van der Waals surface area contributed by atoms with E-state index in [2.05, 4.69) is 14.9 Å². The summed E-state index contributed by atoms with van der Waals surface area (Å²) in [7, 11) is 1.60. The maximum atomic E-state index is 10.0. The van der Waals surface area contributed by atoms with Gasteiger partial charge in [-0.2, -0.15) is 0 Å². The lowest BCUT2D eigenvalue weighted by atomic mass is 9.83. The van der Waals surface area contributed by atoms with Crippen molar-refractivity contribution in [3.63, 3.8) is 0 Å². The highest BCUT2D eigenvalue weighted by molar-refractivity contribution is 5.41. The molecule has 0 aliphatic carbocycles. The average molecular weight is 251 g/mol. The Balaban J connectivity index is 2.01. The van der Waals surface area contributed by atoms with Gasteiger partial charge in [0.2, 0.25) is 5.88 Å². The summed E-state index contributed by atoms with van der Waals surface area (Å²) in [4.78, 5) is 10.5. The van der Waals surface area contributed by atoms with Crippen molar-refractivity contribution in [1.82, 2.24) is 9.97 Å². The minimum Gasteiger partial charge on any atom is -0.481 e. The van der Waals surface area contributed by atoms with E-state index < -0.39 is 5.60 Å². The van der Waals surface area contributed by atoms with Crippen LogP contribution in [0.3, 0.4) is 0 Å². The van der Waals surface area contributed by atoms with Gasteiger partial charge in [-0.15, -0.1) is 0 Å². The summed E-state index contributed by atoms with van der Waals surface area (Å²) in [5, 5.41) is 10.0. The molecule has 1 N–H and O–H groups in total. The smallest absolute Gasteiger partial charge is 0.218 e. The number of rotatable bonds is 3. The van der Waals surface area contributed by atoms with Crippen molar-refractivity contribution in [2.45, 2.75) is 32.3 Å². The van der Waals surface area contributed by atoms with E-state index in [0.29, 0.717) is 11.8 Å². The molecule has 0 radical (unpaired) electrons. The van der Waals surface area contributed by atoms with Gasteiger partial charge in [-0.05, 0) is 32.6 Å². The van der Waals surface area contributed by atoms with Crippen molar-refractivity contribution < 1.29 is 9.84 Å². The van der Waals surface area contributed by atoms with E-state index in [0.717, 1.165) is 31.7 Å². The molecule has 100 valence electrons. The SMILES string of the molecule is COc1cc(N2CCC(C(C)(C)O)CC2)ncn1. The third-order valence-corrected chi connectivity index (χ3v) is 3.65. The van der Waals surface area contributed by atoms with Gasteiger partial charge in [-0.3, -0.25) is 0 Å². The summed E-state index contributed by atoms with van der Waals surface area (Å²) < 4.78 is 5.10. The van der Waals surface area contributed by atoms with Crippen LogP contribution in [0.15, 0.2) is 12.4 Å². The van der Waals surface area contributed by atoms with E-state index in [-0.39, 0.29) is 0 Å². The lowest BCUT2D eigenvalue weighted by molar-refractivity contribution is 0.00645. The maximum Gasteiger partial charge on any atom is 0.218 e. The summed E-state index contributed by atoms with van der Waals surface area (Å²) in [5.41, 5.74) is -0.588. The van der Waals surface area contributed by atoms with Crippen LogP contribution in [0.5, 0.6) is 5.88 Å². The molecule has 2 heterocycles. The zero-order valence-electron chi connectivity index (χ0n) is 11.3. The third-order valence-electron chi connectivity index (χ3n) is 3.65. The van der Waals surface area contributed by atoms with Crippen LogP contribution in [-0.2, 0) is 0 Å². The van der Waals surface area contributed by atoms with E-state index in [1.807, 2.05) is 19.9 Å². The zero-order valence-corrected chi connectivity index (χ0v) is 11.3. The number of piperidine rings is 1. The quantitative estimate of drug-likeness (QED) is 0.881. The Labute approximate surface area is 108 Å². The molecule has 5 heteroatoms. The topological polar surface area (TPSA) is 58.5 Å². The van der Waals surface area contributed by atoms with Gasteiger partial charge in [0.15, 0.2) is 0 Å². The van der Waals surface area contributed by atoms with Gasteiger partial charge in [0, 0.05) is 19.2 Å². The Bertz CT molecular complexity index is 395. The molecule has 1 aliphatic heterocycles. The van der Waals surface area contributed by atoms with Gasteiger partial charge in [-0.1, -0.05) is 0 Å². The predicted octanol–water partition coefficient (Wildman–Crippen LogP) is 1.47. The number of ether oxygens (including phenoxy) is 1. The summed E-state index contributed by atoms with van der Waals surface area (Å²) in [6, 6.07) is 1.85. The summed E-state index contributed by atoms with van der Waals surface area (Å²) in [6.07, 6.45) is 3.49. The molecule has 18 heavy (non-hydrogen) atoms. The highest BCUT2D eigenvalue weighted by Crippen LogP contribution is 2.29. The van der Waals surface area contributed by atoms with Crippen LogP contribution in [0.1, 0.15) is 26.7 Å². The molecule has 0 unspecified atom stereocenters. The molecule has 5 nitrogen and oxygen atoms in total. The first-order valence-electron chi connectivity index (χ1n) is 6.34. The summed E-state index contributed by atoms with van der Waals surface area (Å²) >= 11 is 0. The van der Waals surface area contributed by atoms with Crippen LogP contribution in [-0.4, -0.2) is 40.9 Å². The zero-order chi connectivity index (χ0) is 13.2. The fourth-order valence-corrected chi connectivity index (χ4v) is 2.43. The summed E-state index contributed by atoms with van der Waals surface area (Å²) in [6.45, 7) is 5.60. The molecule has 1 aromatic rings. The first-order valence-corrected chi connectivity index (χ1v) is 6.34. The molecule has 0 saturated carbocycles. The monoisotopic (exact) mass is 251 g/mol. The van der Waals surface area contributed by atoms with Crippen molar-refractivity contribution in [3.8, 4) is 5.88 Å². The number of hydrogen-bond donors (Lipinski definition) is 1. The minimum absolute atomic E-state index is 0.359. The van der Waals surface area contributed by atoms with Gasteiger partial charge >= 0.3 is 0 Å². The van der Waals surface area contributed by atoms with Crippen LogP contribution in [0.4, 0.5) is 5.82 Å². The molecule has 1 fully saturated rings. The maximum absolute atomic E-state index is 10.0. The van der Waals surface area contributed by atoms with Crippen molar-refractivity contribution in [1.29, 1.82) is 0 Å². The standard InChI is InChI=1S/C13H21N3O2/c1-13(2,17)10-4-6-16(7-5-10)11-8-12(18-3)15-9-14-11/h8-10,17H,4-7H2,1-3H3. The molecule has 1 aromatic heterocycles. The number of aliphatic hydroxyl groups is 1. The van der Waals surface area contributed by atoms with Crippen LogP contribution >= 0.6 is 0 Å². The Hall–Kier alpha value is -1.36. The molecule has 1 aliphatic rings. The largest absolute Gasteiger partial charge is 0.481 e. The molecule has 0 bridgehead atoms. The molecule has 0 aromatic carbocycles. The van der Waals surface area contributed by atoms with E-state index in [4.69, 9.17) is 4.74 Å².